The lowest BCUT2D eigenvalue weighted by Crippen LogP contribution is -2.38. The van der Waals surface area contributed by atoms with Crippen molar-refractivity contribution < 1.29 is 14.5 Å². The van der Waals surface area contributed by atoms with Crippen LogP contribution in [0.2, 0.25) is 5.02 Å². The fourth-order valence-electron chi connectivity index (χ4n) is 4.99. The molecule has 2 aromatic carbocycles. The highest BCUT2D eigenvalue weighted by atomic mass is 35.5. The van der Waals surface area contributed by atoms with Gasteiger partial charge in [0.05, 0.1) is 28.2 Å². The van der Waals surface area contributed by atoms with Gasteiger partial charge >= 0.3 is 0 Å². The Morgan fingerprint density at radius 1 is 1.29 bits per heavy atom. The van der Waals surface area contributed by atoms with Crippen molar-refractivity contribution >= 4 is 62.9 Å². The molecule has 14 heteroatoms. The van der Waals surface area contributed by atoms with E-state index in [1.165, 1.54) is 29.5 Å². The highest BCUT2D eigenvalue weighted by Crippen LogP contribution is 2.47. The molecule has 0 fully saturated rings. The predicted octanol–water partition coefficient (Wildman–Crippen LogP) is 5.70. The van der Waals surface area contributed by atoms with Crippen molar-refractivity contribution in [1.29, 1.82) is 5.26 Å². The molecule has 1 unspecified atom stereocenters. The molecule has 2 heterocycles. The van der Waals surface area contributed by atoms with E-state index in [-0.39, 0.29) is 39.3 Å². The third-order valence-electron chi connectivity index (χ3n) is 6.98. The van der Waals surface area contributed by atoms with Gasteiger partial charge in [0.1, 0.15) is 10.8 Å². The van der Waals surface area contributed by atoms with Crippen LogP contribution in [0, 0.1) is 21.4 Å². The molecule has 0 spiro atoms. The number of rotatable bonds is 8. The molecule has 1 atom stereocenters. The second kappa shape index (κ2) is 12.3. The van der Waals surface area contributed by atoms with Crippen molar-refractivity contribution in [3.63, 3.8) is 0 Å². The van der Waals surface area contributed by atoms with Gasteiger partial charge in [-0.15, -0.1) is 10.2 Å². The summed E-state index contributed by atoms with van der Waals surface area (Å²) in [5, 5.41) is 32.8. The van der Waals surface area contributed by atoms with E-state index in [1.54, 1.807) is 4.90 Å². The molecule has 1 aliphatic heterocycles. The van der Waals surface area contributed by atoms with Crippen LogP contribution in [-0.4, -0.2) is 32.6 Å². The first-order valence-electron chi connectivity index (χ1n) is 13.0. The number of hydrogen-bond donors (Lipinski definition) is 2. The van der Waals surface area contributed by atoms with Crippen LogP contribution in [0.4, 0.5) is 16.5 Å². The monoisotopic (exact) mass is 621 g/mol. The first-order valence-corrected chi connectivity index (χ1v) is 15.1. The van der Waals surface area contributed by atoms with E-state index in [9.17, 15) is 25.0 Å². The van der Waals surface area contributed by atoms with Gasteiger partial charge in [0.2, 0.25) is 11.0 Å². The Labute approximate surface area is 254 Å². The molecule has 0 bridgehead atoms. The average Bonchev–Trinajstić information content (AvgIpc) is 3.45. The fraction of sp³-hybridized carbons (Fsp3) is 0.250. The summed E-state index contributed by atoms with van der Waals surface area (Å²) in [5.74, 6) is -0.830. The Kier molecular flexibility index (Phi) is 8.58. The van der Waals surface area contributed by atoms with E-state index < -0.39 is 16.7 Å². The van der Waals surface area contributed by atoms with Crippen LogP contribution in [-0.2, 0) is 16.0 Å². The number of hydrogen-bond acceptors (Lipinski definition) is 11. The summed E-state index contributed by atoms with van der Waals surface area (Å²) in [5.41, 5.74) is 10.1. The molecule has 3 N–H and O–H groups in total. The predicted molar refractivity (Wildman–Crippen MR) is 161 cm³/mol. The van der Waals surface area contributed by atoms with Crippen molar-refractivity contribution in [2.24, 2.45) is 5.73 Å². The second-order valence-electron chi connectivity index (χ2n) is 9.52. The number of aromatic nitrogens is 2. The third-order valence-corrected chi connectivity index (χ3v) is 9.34. The van der Waals surface area contributed by atoms with E-state index in [0.29, 0.717) is 40.0 Å². The van der Waals surface area contributed by atoms with Crippen LogP contribution in [0.25, 0.3) is 0 Å². The number of Topliss-reactive ketones (excluding diaryl/α,β-unsaturated/α-hetero) is 1. The molecule has 11 nitrogen and oxygen atoms in total. The minimum absolute atomic E-state index is 0.0238. The number of nitriles is 1. The van der Waals surface area contributed by atoms with Gasteiger partial charge in [0.15, 0.2) is 10.1 Å². The van der Waals surface area contributed by atoms with Crippen molar-refractivity contribution in [3.05, 3.63) is 91.4 Å². The summed E-state index contributed by atoms with van der Waals surface area (Å²) in [6.45, 7) is 2.06. The van der Waals surface area contributed by atoms with Crippen molar-refractivity contribution in [2.45, 2.75) is 42.9 Å². The number of anilines is 2. The van der Waals surface area contributed by atoms with Crippen molar-refractivity contribution in [1.82, 2.24) is 10.2 Å². The number of halogens is 1. The lowest BCUT2D eigenvalue weighted by Gasteiger charge is -2.38. The van der Waals surface area contributed by atoms with Crippen LogP contribution in [0.1, 0.15) is 43.2 Å². The summed E-state index contributed by atoms with van der Waals surface area (Å²) in [7, 11) is 0. The van der Waals surface area contributed by atoms with Crippen LogP contribution in [0.15, 0.2) is 69.5 Å². The average molecular weight is 622 g/mol. The zero-order valence-corrected chi connectivity index (χ0v) is 24.7. The number of nitrogens with two attached hydrogens (primary N) is 1. The van der Waals surface area contributed by atoms with Gasteiger partial charge in [-0.05, 0) is 42.5 Å². The number of nitrogens with one attached hydrogen (secondary N) is 1. The zero-order valence-electron chi connectivity index (χ0n) is 22.3. The molecule has 214 valence electrons. The summed E-state index contributed by atoms with van der Waals surface area (Å²) >= 11 is 8.14. The smallest absolute Gasteiger partial charge is 0.289 e. The summed E-state index contributed by atoms with van der Waals surface area (Å²) in [6.07, 6.45) is 2.49. The fourth-order valence-corrected chi connectivity index (χ4v) is 6.86. The number of ketones is 1. The minimum Gasteiger partial charge on any atom is -0.384 e. The van der Waals surface area contributed by atoms with E-state index in [2.05, 4.69) is 28.5 Å². The third kappa shape index (κ3) is 5.74. The normalized spacial score (nSPS) is 16.7. The van der Waals surface area contributed by atoms with Crippen LogP contribution in [0.5, 0.6) is 0 Å². The topological polar surface area (TPSA) is 168 Å². The summed E-state index contributed by atoms with van der Waals surface area (Å²) < 4.78 is 0.468. The van der Waals surface area contributed by atoms with Gasteiger partial charge in [-0.2, -0.15) is 5.26 Å². The molecule has 42 heavy (non-hydrogen) atoms. The number of allylic oxidation sites excluding steroid dienone is 3. The van der Waals surface area contributed by atoms with Gasteiger partial charge in [-0.1, -0.05) is 65.9 Å². The van der Waals surface area contributed by atoms with E-state index >= 15 is 0 Å². The van der Waals surface area contributed by atoms with Gasteiger partial charge < -0.3 is 11.1 Å². The Morgan fingerprint density at radius 2 is 2.05 bits per heavy atom. The molecular weight excluding hydrogens is 598 g/mol. The molecule has 1 amide bonds. The number of thioether (sulfide) groups is 1. The molecule has 1 aliphatic carbocycles. The van der Waals surface area contributed by atoms with Crippen LogP contribution >= 0.6 is 34.7 Å². The minimum atomic E-state index is -0.626. The molecule has 5 rings (SSSR count). The van der Waals surface area contributed by atoms with Gasteiger partial charge in [0, 0.05) is 29.4 Å². The maximum absolute atomic E-state index is 13.3. The number of carbonyl (C=O) groups is 2. The maximum atomic E-state index is 13.3. The highest BCUT2D eigenvalue weighted by molar-refractivity contribution is 8.01. The number of amides is 1. The van der Waals surface area contributed by atoms with E-state index in [0.717, 1.165) is 29.3 Å². The van der Waals surface area contributed by atoms with Crippen molar-refractivity contribution in [2.75, 3.05) is 16.0 Å². The molecular formula is C28H24ClN7O4S2. The summed E-state index contributed by atoms with van der Waals surface area (Å²) in [6, 6.07) is 14.1. The molecule has 3 aromatic rings. The molecule has 0 saturated heterocycles. The Hall–Kier alpha value is -4.25. The number of aryl methyl sites for hydroxylation is 1. The molecule has 0 saturated carbocycles. The summed E-state index contributed by atoms with van der Waals surface area (Å²) in [4.78, 5) is 38.0. The standard InChI is InChI=1S/C28H24ClN7O4S2/c1-2-15-6-8-16(9-7-15)24-18(13-30)26(31)35(20-4-3-5-22(37)25(20)24)27-33-34-28(42-27)41-14-23(38)32-17-10-11-19(29)21(12-17)36(39)40/h6-12,24H,2-5,14,31H2,1H3,(H,32,38). The maximum Gasteiger partial charge on any atom is 0.289 e. The number of nitro benzene ring substituents is 1. The van der Waals surface area contributed by atoms with Gasteiger partial charge in [0.25, 0.3) is 5.69 Å². The molecule has 2 aliphatic rings. The van der Waals surface area contributed by atoms with E-state index in [4.69, 9.17) is 17.3 Å². The van der Waals surface area contributed by atoms with Crippen LogP contribution in [0.3, 0.4) is 0 Å². The molecule has 1 aromatic heterocycles. The Bertz CT molecular complexity index is 1690. The number of benzene rings is 2. The lowest BCUT2D eigenvalue weighted by molar-refractivity contribution is -0.384. The van der Waals surface area contributed by atoms with Gasteiger partial charge in [-0.3, -0.25) is 24.6 Å². The van der Waals surface area contributed by atoms with Gasteiger partial charge in [-0.25, -0.2) is 0 Å². The number of nitro groups is 1. The Balaban J connectivity index is 1.38. The number of carbonyl (C=O) groups excluding carboxylic acids is 2. The lowest BCUT2D eigenvalue weighted by atomic mass is 9.75. The van der Waals surface area contributed by atoms with Crippen LogP contribution < -0.4 is 16.0 Å². The first-order chi connectivity index (χ1) is 20.2. The largest absolute Gasteiger partial charge is 0.384 e. The highest BCUT2D eigenvalue weighted by Gasteiger charge is 2.41. The zero-order chi connectivity index (χ0) is 30.0. The SMILES string of the molecule is CCc1ccc(C2C(C#N)=C(N)N(c3nnc(SCC(=O)Nc4ccc(Cl)c([N+](=O)[O-])c4)s3)C3=C2C(=O)CCC3)cc1. The molecule has 0 radical (unpaired) electrons. The van der Waals surface area contributed by atoms with Crippen molar-refractivity contribution in [3.8, 4) is 6.07 Å². The second-order valence-corrected chi connectivity index (χ2v) is 12.1. The first kappa shape index (κ1) is 29.2. The quantitative estimate of drug-likeness (QED) is 0.181. The Morgan fingerprint density at radius 3 is 2.74 bits per heavy atom. The number of nitrogens with zero attached hydrogens (tertiary/aromatic N) is 5. The van der Waals surface area contributed by atoms with E-state index in [1.807, 2.05) is 24.3 Å².